The molecule has 1 saturated carbocycles. The molecule has 0 bridgehead atoms. The van der Waals surface area contributed by atoms with Gasteiger partial charge < -0.3 is 15.4 Å². The van der Waals surface area contributed by atoms with Gasteiger partial charge in [0.2, 0.25) is 0 Å². The molecule has 0 heterocycles. The Hall–Kier alpha value is -2.53. The molecule has 6 heteroatoms. The van der Waals surface area contributed by atoms with Gasteiger partial charge in [-0.25, -0.2) is 0 Å². The quantitative estimate of drug-likeness (QED) is 0.829. The van der Waals surface area contributed by atoms with Gasteiger partial charge in [-0.15, -0.1) is 0 Å². The largest absolute Gasteiger partial charge is 0.484 e. The fourth-order valence-corrected chi connectivity index (χ4v) is 2.56. The van der Waals surface area contributed by atoms with Gasteiger partial charge in [0, 0.05) is 11.6 Å². The average Bonchev–Trinajstić information content (AvgIpc) is 3.40. The minimum Gasteiger partial charge on any atom is -0.484 e. The lowest BCUT2D eigenvalue weighted by molar-refractivity contribution is -0.118. The molecule has 130 valence electrons. The van der Waals surface area contributed by atoms with Crippen molar-refractivity contribution in [1.82, 2.24) is 5.32 Å². The van der Waals surface area contributed by atoms with Crippen LogP contribution in [0.25, 0.3) is 0 Å². The predicted molar refractivity (Wildman–Crippen MR) is 97.2 cm³/mol. The first-order valence-corrected chi connectivity index (χ1v) is 8.49. The zero-order valence-corrected chi connectivity index (χ0v) is 14.6. The summed E-state index contributed by atoms with van der Waals surface area (Å²) in [5, 5.41) is 6.10. The average molecular weight is 359 g/mol. The number of carbonyl (C=O) groups is 2. The lowest BCUT2D eigenvalue weighted by atomic mass is 10.2. The van der Waals surface area contributed by atoms with Crippen molar-refractivity contribution in [1.29, 1.82) is 0 Å². The van der Waals surface area contributed by atoms with Crippen molar-refractivity contribution in [3.05, 3.63) is 58.6 Å². The monoisotopic (exact) mass is 358 g/mol. The number of benzene rings is 2. The molecule has 2 amide bonds. The Labute approximate surface area is 151 Å². The predicted octanol–water partition coefficient (Wildman–Crippen LogP) is 3.56. The van der Waals surface area contributed by atoms with Crippen molar-refractivity contribution >= 4 is 29.1 Å². The van der Waals surface area contributed by atoms with Gasteiger partial charge >= 0.3 is 0 Å². The molecule has 0 atom stereocenters. The molecular weight excluding hydrogens is 340 g/mol. The van der Waals surface area contributed by atoms with Crippen LogP contribution in [0.3, 0.4) is 0 Å². The van der Waals surface area contributed by atoms with Gasteiger partial charge in [0.05, 0.1) is 10.7 Å². The Kier molecular flexibility index (Phi) is 5.24. The first-order valence-electron chi connectivity index (χ1n) is 8.11. The van der Waals surface area contributed by atoms with Crippen LogP contribution < -0.4 is 15.4 Å². The maximum Gasteiger partial charge on any atom is 0.262 e. The van der Waals surface area contributed by atoms with Crippen LogP contribution in [-0.4, -0.2) is 24.5 Å². The second kappa shape index (κ2) is 7.57. The first-order chi connectivity index (χ1) is 12.0. The van der Waals surface area contributed by atoms with Crippen molar-refractivity contribution in [2.24, 2.45) is 0 Å². The molecule has 0 aliphatic heterocycles. The number of aryl methyl sites for hydroxylation is 1. The topological polar surface area (TPSA) is 67.4 Å². The summed E-state index contributed by atoms with van der Waals surface area (Å²) in [6, 6.07) is 12.5. The summed E-state index contributed by atoms with van der Waals surface area (Å²) in [5.74, 6) is 0.0241. The molecule has 2 aromatic rings. The summed E-state index contributed by atoms with van der Waals surface area (Å²) in [5.41, 5.74) is 2.07. The molecule has 1 fully saturated rings. The summed E-state index contributed by atoms with van der Waals surface area (Å²) in [7, 11) is 0. The van der Waals surface area contributed by atoms with Crippen LogP contribution in [0, 0.1) is 6.92 Å². The van der Waals surface area contributed by atoms with E-state index >= 15 is 0 Å². The minimum absolute atomic E-state index is 0.121. The minimum atomic E-state index is -0.321. The number of hydrogen-bond donors (Lipinski definition) is 2. The second-order valence-corrected chi connectivity index (χ2v) is 6.50. The lowest BCUT2D eigenvalue weighted by Crippen LogP contribution is -2.25. The third kappa shape index (κ3) is 4.97. The third-order valence-electron chi connectivity index (χ3n) is 3.78. The van der Waals surface area contributed by atoms with Crippen LogP contribution in [0.15, 0.2) is 42.5 Å². The van der Waals surface area contributed by atoms with Gasteiger partial charge in [0.15, 0.2) is 6.61 Å². The fraction of sp³-hybridized carbons (Fsp3) is 0.263. The summed E-state index contributed by atoms with van der Waals surface area (Å²) in [6.45, 7) is 1.75. The van der Waals surface area contributed by atoms with Crippen LogP contribution in [-0.2, 0) is 4.79 Å². The van der Waals surface area contributed by atoms with E-state index < -0.39 is 0 Å². The van der Waals surface area contributed by atoms with E-state index in [1.54, 1.807) is 36.4 Å². The smallest absolute Gasteiger partial charge is 0.262 e. The molecule has 1 aliphatic rings. The number of anilines is 1. The molecule has 0 aromatic heterocycles. The number of hydrogen-bond acceptors (Lipinski definition) is 3. The van der Waals surface area contributed by atoms with Crippen molar-refractivity contribution in [2.75, 3.05) is 11.9 Å². The number of ether oxygens (including phenoxy) is 1. The SMILES string of the molecule is Cc1ccc(NC(=O)COc2cccc(C(=O)NC3CC3)c2)c(Cl)c1. The van der Waals surface area contributed by atoms with Gasteiger partial charge in [-0.2, -0.15) is 0 Å². The highest BCUT2D eigenvalue weighted by Gasteiger charge is 2.23. The number of amides is 2. The van der Waals surface area contributed by atoms with Gasteiger partial charge in [0.25, 0.3) is 11.8 Å². The Morgan fingerprint density at radius 2 is 2.00 bits per heavy atom. The molecule has 0 saturated heterocycles. The summed E-state index contributed by atoms with van der Waals surface area (Å²) >= 11 is 6.09. The maximum absolute atomic E-state index is 12.0. The molecule has 25 heavy (non-hydrogen) atoms. The van der Waals surface area contributed by atoms with E-state index in [4.69, 9.17) is 16.3 Å². The lowest BCUT2D eigenvalue weighted by Gasteiger charge is -2.10. The van der Waals surface area contributed by atoms with E-state index in [0.717, 1.165) is 18.4 Å². The van der Waals surface area contributed by atoms with Gasteiger partial charge in [-0.1, -0.05) is 23.7 Å². The maximum atomic E-state index is 12.0. The fourth-order valence-electron chi connectivity index (χ4n) is 2.28. The molecule has 0 unspecified atom stereocenters. The van der Waals surface area contributed by atoms with Crippen molar-refractivity contribution in [3.8, 4) is 5.75 Å². The summed E-state index contributed by atoms with van der Waals surface area (Å²) in [4.78, 5) is 24.1. The molecular formula is C19H19ClN2O3. The summed E-state index contributed by atoms with van der Waals surface area (Å²) < 4.78 is 5.48. The molecule has 2 aromatic carbocycles. The van der Waals surface area contributed by atoms with Crippen LogP contribution in [0.4, 0.5) is 5.69 Å². The summed E-state index contributed by atoms with van der Waals surface area (Å²) in [6.07, 6.45) is 2.06. The molecule has 0 radical (unpaired) electrons. The van der Waals surface area contributed by atoms with E-state index in [0.29, 0.717) is 28.1 Å². The number of nitrogens with one attached hydrogen (secondary N) is 2. The second-order valence-electron chi connectivity index (χ2n) is 6.10. The Morgan fingerprint density at radius 1 is 1.20 bits per heavy atom. The number of carbonyl (C=O) groups excluding carboxylic acids is 2. The Balaban J connectivity index is 1.55. The van der Waals surface area contributed by atoms with Crippen LogP contribution in [0.5, 0.6) is 5.75 Å². The Morgan fingerprint density at radius 3 is 2.72 bits per heavy atom. The van der Waals surface area contributed by atoms with Gasteiger partial charge in [-0.05, 0) is 55.7 Å². The highest BCUT2D eigenvalue weighted by Crippen LogP contribution is 2.23. The molecule has 2 N–H and O–H groups in total. The Bertz CT molecular complexity index is 803. The zero-order chi connectivity index (χ0) is 17.8. The van der Waals surface area contributed by atoms with E-state index in [9.17, 15) is 9.59 Å². The van der Waals surface area contributed by atoms with Crippen molar-refractivity contribution < 1.29 is 14.3 Å². The molecule has 1 aliphatic carbocycles. The van der Waals surface area contributed by atoms with Crippen LogP contribution in [0.1, 0.15) is 28.8 Å². The molecule has 0 spiro atoms. The van der Waals surface area contributed by atoms with Gasteiger partial charge in [-0.3, -0.25) is 9.59 Å². The molecule has 5 nitrogen and oxygen atoms in total. The van der Waals surface area contributed by atoms with E-state index in [1.165, 1.54) is 0 Å². The highest BCUT2D eigenvalue weighted by atomic mass is 35.5. The van der Waals surface area contributed by atoms with E-state index in [1.807, 2.05) is 13.0 Å². The van der Waals surface area contributed by atoms with Gasteiger partial charge in [0.1, 0.15) is 5.75 Å². The van der Waals surface area contributed by atoms with E-state index in [2.05, 4.69) is 10.6 Å². The van der Waals surface area contributed by atoms with Crippen LogP contribution in [0.2, 0.25) is 5.02 Å². The first kappa shape index (κ1) is 17.3. The highest BCUT2D eigenvalue weighted by molar-refractivity contribution is 6.33. The molecule has 3 rings (SSSR count). The van der Waals surface area contributed by atoms with E-state index in [-0.39, 0.29) is 18.4 Å². The van der Waals surface area contributed by atoms with Crippen LogP contribution >= 0.6 is 11.6 Å². The third-order valence-corrected chi connectivity index (χ3v) is 4.09. The van der Waals surface area contributed by atoms with Crippen molar-refractivity contribution in [3.63, 3.8) is 0 Å². The zero-order valence-electron chi connectivity index (χ0n) is 13.8. The van der Waals surface area contributed by atoms with Crippen molar-refractivity contribution in [2.45, 2.75) is 25.8 Å². The number of halogens is 1. The standard InChI is InChI=1S/C19H19ClN2O3/c1-12-5-8-17(16(20)9-12)22-18(23)11-25-15-4-2-3-13(10-15)19(24)21-14-6-7-14/h2-5,8-10,14H,6-7,11H2,1H3,(H,21,24)(H,22,23). The normalized spacial score (nSPS) is 13.2. The number of rotatable bonds is 6.